The Kier molecular flexibility index (Phi) is 14.8. The molecular weight excluding hydrogens is 204 g/mol. The summed E-state index contributed by atoms with van der Waals surface area (Å²) < 4.78 is 10.4. The zero-order chi connectivity index (χ0) is 12.9. The summed E-state index contributed by atoms with van der Waals surface area (Å²) in [6.07, 6.45) is 2.99. The zero-order valence-electron chi connectivity index (χ0n) is 11.7. The summed E-state index contributed by atoms with van der Waals surface area (Å²) in [6.45, 7) is 12.8. The van der Waals surface area contributed by atoms with E-state index in [4.69, 9.17) is 14.6 Å². The molecule has 0 aliphatic rings. The first-order valence-corrected chi connectivity index (χ1v) is 6.36. The summed E-state index contributed by atoms with van der Waals surface area (Å²) in [4.78, 5) is 0. The van der Waals surface area contributed by atoms with E-state index in [1.807, 2.05) is 27.7 Å². The molecule has 0 amide bonds. The fraction of sp³-hybridized carbons (Fsp3) is 1.00. The molecule has 0 aliphatic heterocycles. The second-order valence-electron chi connectivity index (χ2n) is 4.22. The van der Waals surface area contributed by atoms with Crippen molar-refractivity contribution in [3.8, 4) is 0 Å². The van der Waals surface area contributed by atoms with Crippen LogP contribution in [0.4, 0.5) is 0 Å². The van der Waals surface area contributed by atoms with Crippen molar-refractivity contribution in [3.63, 3.8) is 0 Å². The van der Waals surface area contributed by atoms with Gasteiger partial charge in [-0.15, -0.1) is 0 Å². The third-order valence-electron chi connectivity index (χ3n) is 2.11. The van der Waals surface area contributed by atoms with Crippen LogP contribution in [0, 0.1) is 0 Å². The van der Waals surface area contributed by atoms with Gasteiger partial charge < -0.3 is 14.6 Å². The number of hydrogen-bond donors (Lipinski definition) is 1. The lowest BCUT2D eigenvalue weighted by molar-refractivity contribution is -0.0336. The molecule has 0 bridgehead atoms. The summed E-state index contributed by atoms with van der Waals surface area (Å²) in [5.74, 6) is 0. The van der Waals surface area contributed by atoms with Crippen LogP contribution in [-0.4, -0.2) is 37.1 Å². The minimum atomic E-state index is -0.149. The lowest BCUT2D eigenvalue weighted by atomic mass is 10.1. The van der Waals surface area contributed by atoms with E-state index in [1.54, 1.807) is 0 Å². The summed E-state index contributed by atoms with van der Waals surface area (Å²) in [5.41, 5.74) is -0.149. The van der Waals surface area contributed by atoms with Crippen LogP contribution in [0.15, 0.2) is 0 Å². The second kappa shape index (κ2) is 12.9. The van der Waals surface area contributed by atoms with Gasteiger partial charge in [0.15, 0.2) is 0 Å². The van der Waals surface area contributed by atoms with Gasteiger partial charge in [0, 0.05) is 26.4 Å². The highest BCUT2D eigenvalue weighted by atomic mass is 16.5. The molecule has 0 saturated heterocycles. The van der Waals surface area contributed by atoms with Crippen molar-refractivity contribution in [1.82, 2.24) is 0 Å². The molecule has 1 N–H and O–H groups in total. The molecule has 0 aliphatic carbocycles. The van der Waals surface area contributed by atoms with Crippen LogP contribution in [0.1, 0.15) is 53.9 Å². The van der Waals surface area contributed by atoms with E-state index in [9.17, 15) is 0 Å². The molecule has 0 unspecified atom stereocenters. The topological polar surface area (TPSA) is 38.7 Å². The summed E-state index contributed by atoms with van der Waals surface area (Å²) in [6, 6.07) is 0. The van der Waals surface area contributed by atoms with Gasteiger partial charge in [-0.1, -0.05) is 13.3 Å². The van der Waals surface area contributed by atoms with Gasteiger partial charge in [0.2, 0.25) is 0 Å². The third-order valence-corrected chi connectivity index (χ3v) is 2.11. The minimum absolute atomic E-state index is 0.149. The number of ether oxygens (including phenoxy) is 2. The Morgan fingerprint density at radius 3 is 1.94 bits per heavy atom. The highest BCUT2D eigenvalue weighted by Gasteiger charge is 2.16. The first kappa shape index (κ1) is 18.3. The highest BCUT2D eigenvalue weighted by molar-refractivity contribution is 4.67. The quantitative estimate of drug-likeness (QED) is 0.656. The van der Waals surface area contributed by atoms with E-state index in [-0.39, 0.29) is 12.2 Å². The number of rotatable bonds is 8. The van der Waals surface area contributed by atoms with Crippen LogP contribution >= 0.6 is 0 Å². The monoisotopic (exact) mass is 234 g/mol. The lowest BCUT2D eigenvalue weighted by Crippen LogP contribution is -2.26. The Labute approximate surface area is 101 Å². The fourth-order valence-electron chi connectivity index (χ4n) is 1.04. The van der Waals surface area contributed by atoms with Gasteiger partial charge in [-0.3, -0.25) is 0 Å². The molecule has 0 rings (SSSR count). The molecule has 0 aromatic heterocycles. The van der Waals surface area contributed by atoms with Crippen LogP contribution < -0.4 is 0 Å². The van der Waals surface area contributed by atoms with Crippen LogP contribution in [0.3, 0.4) is 0 Å². The van der Waals surface area contributed by atoms with Crippen LogP contribution in [0.5, 0.6) is 0 Å². The molecular formula is C13H30O3. The Morgan fingerprint density at radius 1 is 1.06 bits per heavy atom. The van der Waals surface area contributed by atoms with Crippen molar-refractivity contribution in [2.75, 3.05) is 26.4 Å². The van der Waals surface area contributed by atoms with Gasteiger partial charge >= 0.3 is 0 Å². The molecule has 3 heteroatoms. The average molecular weight is 234 g/mol. The number of aliphatic hydroxyl groups is 1. The van der Waals surface area contributed by atoms with Gasteiger partial charge in [-0.2, -0.15) is 0 Å². The Bertz CT molecular complexity index is 122. The summed E-state index contributed by atoms with van der Waals surface area (Å²) in [5, 5.41) is 8.68. The smallest absolute Gasteiger partial charge is 0.0648 e. The largest absolute Gasteiger partial charge is 0.396 e. The maximum Gasteiger partial charge on any atom is 0.0648 e. The molecule has 0 spiro atoms. The van der Waals surface area contributed by atoms with E-state index in [2.05, 4.69) is 6.92 Å². The molecule has 0 fully saturated rings. The minimum Gasteiger partial charge on any atom is -0.396 e. The van der Waals surface area contributed by atoms with E-state index >= 15 is 0 Å². The molecule has 0 heterocycles. The van der Waals surface area contributed by atoms with Crippen molar-refractivity contribution in [2.45, 2.75) is 59.5 Å². The van der Waals surface area contributed by atoms with Crippen LogP contribution in [-0.2, 0) is 9.47 Å². The molecule has 0 aromatic rings. The zero-order valence-corrected chi connectivity index (χ0v) is 11.7. The van der Waals surface area contributed by atoms with Crippen molar-refractivity contribution >= 4 is 0 Å². The summed E-state index contributed by atoms with van der Waals surface area (Å²) >= 11 is 0. The maximum absolute atomic E-state index is 8.68. The number of aliphatic hydroxyl groups excluding tert-OH is 1. The van der Waals surface area contributed by atoms with Crippen molar-refractivity contribution in [1.29, 1.82) is 0 Å². The Balaban J connectivity index is 0. The molecule has 0 saturated carbocycles. The predicted molar refractivity (Wildman–Crippen MR) is 68.8 cm³/mol. The first-order valence-electron chi connectivity index (χ1n) is 6.36. The van der Waals surface area contributed by atoms with Gasteiger partial charge in [-0.25, -0.2) is 0 Å². The maximum atomic E-state index is 8.68. The van der Waals surface area contributed by atoms with Gasteiger partial charge in [0.1, 0.15) is 0 Å². The molecule has 100 valence electrons. The molecule has 0 radical (unpaired) electrons. The number of unbranched alkanes of at least 4 members (excludes halogenated alkanes) is 1. The van der Waals surface area contributed by atoms with E-state index in [0.717, 1.165) is 39.1 Å². The van der Waals surface area contributed by atoms with Gasteiger partial charge in [0.05, 0.1) is 5.60 Å². The van der Waals surface area contributed by atoms with Crippen molar-refractivity contribution in [3.05, 3.63) is 0 Å². The van der Waals surface area contributed by atoms with Crippen LogP contribution in [0.2, 0.25) is 0 Å². The first-order chi connectivity index (χ1) is 7.54. The van der Waals surface area contributed by atoms with E-state index < -0.39 is 0 Å². The normalized spacial score (nSPS) is 10.9. The lowest BCUT2D eigenvalue weighted by Gasteiger charge is -2.24. The Hall–Kier alpha value is -0.120. The SMILES string of the molecule is CCCCOC(C)(C)CCO.CCOCC. The third kappa shape index (κ3) is 16.3. The molecule has 0 aromatic carbocycles. The highest BCUT2D eigenvalue weighted by Crippen LogP contribution is 2.13. The molecule has 0 atom stereocenters. The van der Waals surface area contributed by atoms with E-state index in [1.165, 1.54) is 0 Å². The molecule has 16 heavy (non-hydrogen) atoms. The van der Waals surface area contributed by atoms with Crippen molar-refractivity contribution in [2.24, 2.45) is 0 Å². The van der Waals surface area contributed by atoms with Crippen molar-refractivity contribution < 1.29 is 14.6 Å². The fourth-order valence-corrected chi connectivity index (χ4v) is 1.04. The van der Waals surface area contributed by atoms with Crippen LogP contribution in [0.25, 0.3) is 0 Å². The molecule has 3 nitrogen and oxygen atoms in total. The second-order valence-corrected chi connectivity index (χ2v) is 4.22. The predicted octanol–water partition coefficient (Wildman–Crippen LogP) is 3.01. The van der Waals surface area contributed by atoms with Gasteiger partial charge in [0.25, 0.3) is 0 Å². The standard InChI is InChI=1S/C9H20O2.C4H10O/c1-4-5-8-11-9(2,3)6-7-10;1-3-5-4-2/h10H,4-8H2,1-3H3;3-4H2,1-2H3. The summed E-state index contributed by atoms with van der Waals surface area (Å²) in [7, 11) is 0. The number of hydrogen-bond acceptors (Lipinski definition) is 3. The Morgan fingerprint density at radius 2 is 1.62 bits per heavy atom. The van der Waals surface area contributed by atoms with E-state index in [0.29, 0.717) is 0 Å². The van der Waals surface area contributed by atoms with Gasteiger partial charge in [-0.05, 0) is 40.5 Å². The average Bonchev–Trinajstić information content (AvgIpc) is 2.20.